The van der Waals surface area contributed by atoms with Crippen molar-refractivity contribution in [3.05, 3.63) is 15.7 Å². The Labute approximate surface area is 162 Å². The van der Waals surface area contributed by atoms with Gasteiger partial charge in [-0.1, -0.05) is 6.92 Å². The van der Waals surface area contributed by atoms with Crippen LogP contribution in [0.3, 0.4) is 0 Å². The average molecular weight is 398 g/mol. The maximum absolute atomic E-state index is 12.4. The lowest BCUT2D eigenvalue weighted by molar-refractivity contribution is 0.0510. The van der Waals surface area contributed by atoms with Crippen LogP contribution in [0.15, 0.2) is 0 Å². The summed E-state index contributed by atoms with van der Waals surface area (Å²) in [4.78, 5) is 24.7. The van der Waals surface area contributed by atoms with E-state index in [0.717, 1.165) is 49.0 Å². The van der Waals surface area contributed by atoms with Crippen molar-refractivity contribution in [1.82, 2.24) is 9.97 Å². The van der Waals surface area contributed by atoms with Gasteiger partial charge in [0.05, 0.1) is 12.0 Å². The number of aliphatic hydroxyl groups excluding tert-OH is 1. The molecule has 0 aliphatic carbocycles. The number of carbonyl (C=O) groups is 1. The number of hydrogen-bond acceptors (Lipinski definition) is 7. The van der Waals surface area contributed by atoms with Gasteiger partial charge in [0, 0.05) is 19.2 Å². The molecule has 3 rings (SSSR count). The zero-order valence-corrected chi connectivity index (χ0v) is 16.7. The highest BCUT2D eigenvalue weighted by atomic mass is 35.5. The summed E-state index contributed by atoms with van der Waals surface area (Å²) in [6.45, 7) is 5.27. The number of hydrogen-bond donors (Lipinski definition) is 1. The topological polar surface area (TPSA) is 75.5 Å². The van der Waals surface area contributed by atoms with Crippen molar-refractivity contribution in [3.8, 4) is 0 Å². The molecule has 2 aromatic heterocycles. The van der Waals surface area contributed by atoms with Crippen molar-refractivity contribution in [3.63, 3.8) is 0 Å². The maximum atomic E-state index is 12.4. The van der Waals surface area contributed by atoms with E-state index in [-0.39, 0.29) is 23.9 Å². The minimum Gasteiger partial charge on any atom is -0.462 e. The van der Waals surface area contributed by atoms with Crippen LogP contribution < -0.4 is 4.90 Å². The minimum atomic E-state index is -0.319. The number of halogens is 1. The fourth-order valence-electron chi connectivity index (χ4n) is 3.48. The third-order valence-electron chi connectivity index (χ3n) is 4.73. The van der Waals surface area contributed by atoms with E-state index in [2.05, 4.69) is 14.9 Å². The number of nitrogens with zero attached hydrogens (tertiary/aromatic N) is 3. The van der Waals surface area contributed by atoms with Gasteiger partial charge in [0.2, 0.25) is 5.28 Å². The molecule has 8 heteroatoms. The Morgan fingerprint density at radius 2 is 2.23 bits per heavy atom. The van der Waals surface area contributed by atoms with Crippen LogP contribution in [0.25, 0.3) is 10.2 Å². The molecule has 1 saturated heterocycles. The lowest BCUT2D eigenvalue weighted by atomic mass is 9.99. The van der Waals surface area contributed by atoms with Crippen LogP contribution in [0.2, 0.25) is 5.28 Å². The molecule has 0 amide bonds. The summed E-state index contributed by atoms with van der Waals surface area (Å²) in [6, 6.07) is 0.220. The van der Waals surface area contributed by atoms with Gasteiger partial charge in [-0.2, -0.15) is 4.98 Å². The standard InChI is InChI=1S/C18H24ClN3O3S/c1-3-10-25-17(24)14-11(2)13-15(20-18(19)21-16(13)26-14)22-8-5-4-6-12(22)7-9-23/h12,23H,3-10H2,1-2H3. The fraction of sp³-hybridized carbons (Fsp3) is 0.611. The first kappa shape index (κ1) is 19.3. The van der Waals surface area contributed by atoms with E-state index < -0.39 is 0 Å². The molecule has 1 fully saturated rings. The van der Waals surface area contributed by atoms with Gasteiger partial charge in [-0.15, -0.1) is 11.3 Å². The molecule has 0 radical (unpaired) electrons. The number of anilines is 1. The van der Waals surface area contributed by atoms with Crippen molar-refractivity contribution in [2.75, 3.05) is 24.7 Å². The van der Waals surface area contributed by atoms with E-state index in [1.807, 2.05) is 13.8 Å². The number of fused-ring (bicyclic) bond motifs is 1. The highest BCUT2D eigenvalue weighted by Gasteiger charge is 2.28. The van der Waals surface area contributed by atoms with Gasteiger partial charge in [0.25, 0.3) is 0 Å². The Kier molecular flexibility index (Phi) is 6.32. The summed E-state index contributed by atoms with van der Waals surface area (Å²) in [5, 5.41) is 10.5. The number of aromatic nitrogens is 2. The molecule has 1 N–H and O–H groups in total. The van der Waals surface area contributed by atoms with Crippen LogP contribution in [-0.2, 0) is 4.74 Å². The number of aliphatic hydroxyl groups is 1. The molecule has 1 atom stereocenters. The van der Waals surface area contributed by atoms with Crippen molar-refractivity contribution in [2.45, 2.75) is 52.0 Å². The Hall–Kier alpha value is -1.44. The molecule has 3 heterocycles. The quantitative estimate of drug-likeness (QED) is 0.587. The number of ether oxygens (including phenoxy) is 1. The number of thiophene rings is 1. The van der Waals surface area contributed by atoms with Gasteiger partial charge in [0.1, 0.15) is 15.5 Å². The van der Waals surface area contributed by atoms with Gasteiger partial charge < -0.3 is 14.7 Å². The van der Waals surface area contributed by atoms with Crippen molar-refractivity contribution < 1.29 is 14.6 Å². The molecule has 1 aliphatic heterocycles. The highest BCUT2D eigenvalue weighted by Crippen LogP contribution is 2.38. The molecular weight excluding hydrogens is 374 g/mol. The second-order valence-electron chi connectivity index (χ2n) is 6.54. The first-order chi connectivity index (χ1) is 12.6. The van der Waals surface area contributed by atoms with Crippen molar-refractivity contribution in [2.24, 2.45) is 0 Å². The van der Waals surface area contributed by atoms with E-state index in [1.165, 1.54) is 11.3 Å². The third kappa shape index (κ3) is 3.80. The van der Waals surface area contributed by atoms with Gasteiger partial charge in [-0.05, 0) is 56.2 Å². The molecule has 0 spiro atoms. The largest absolute Gasteiger partial charge is 0.462 e. The molecule has 2 aromatic rings. The Bertz CT molecular complexity index is 794. The lowest BCUT2D eigenvalue weighted by Gasteiger charge is -2.37. The zero-order chi connectivity index (χ0) is 18.7. The number of esters is 1. The number of rotatable bonds is 6. The SMILES string of the molecule is CCCOC(=O)c1sc2nc(Cl)nc(N3CCCCC3CCO)c2c1C. The summed E-state index contributed by atoms with van der Waals surface area (Å²) in [5.74, 6) is 0.446. The minimum absolute atomic E-state index is 0.139. The van der Waals surface area contributed by atoms with Crippen molar-refractivity contribution >= 4 is 44.9 Å². The third-order valence-corrected chi connectivity index (χ3v) is 6.06. The maximum Gasteiger partial charge on any atom is 0.348 e. The van der Waals surface area contributed by atoms with Crippen LogP contribution in [-0.4, -0.2) is 46.8 Å². The normalized spacial score (nSPS) is 17.7. The Morgan fingerprint density at radius 3 is 2.96 bits per heavy atom. The monoisotopic (exact) mass is 397 g/mol. The first-order valence-corrected chi connectivity index (χ1v) is 10.3. The van der Waals surface area contributed by atoms with E-state index in [4.69, 9.17) is 16.3 Å². The van der Waals surface area contributed by atoms with Crippen molar-refractivity contribution in [1.29, 1.82) is 0 Å². The summed E-state index contributed by atoms with van der Waals surface area (Å²) < 4.78 is 5.31. The van der Waals surface area contributed by atoms with Crippen LogP contribution in [0, 0.1) is 6.92 Å². The second kappa shape index (κ2) is 8.50. The predicted molar refractivity (Wildman–Crippen MR) is 104 cm³/mol. The first-order valence-electron chi connectivity index (χ1n) is 9.08. The van der Waals surface area contributed by atoms with Gasteiger partial charge in [0.15, 0.2) is 0 Å². The molecule has 1 unspecified atom stereocenters. The van der Waals surface area contributed by atoms with Gasteiger partial charge in [-0.3, -0.25) is 0 Å². The molecule has 0 bridgehead atoms. The summed E-state index contributed by atoms with van der Waals surface area (Å²) in [7, 11) is 0. The van der Waals surface area contributed by atoms with Crippen LogP contribution in [0.4, 0.5) is 5.82 Å². The molecule has 6 nitrogen and oxygen atoms in total. The summed E-state index contributed by atoms with van der Waals surface area (Å²) in [5.41, 5.74) is 0.839. The van der Waals surface area contributed by atoms with Crippen LogP contribution >= 0.6 is 22.9 Å². The zero-order valence-electron chi connectivity index (χ0n) is 15.1. The molecule has 26 heavy (non-hydrogen) atoms. The highest BCUT2D eigenvalue weighted by molar-refractivity contribution is 7.20. The molecule has 142 valence electrons. The van der Waals surface area contributed by atoms with E-state index in [1.54, 1.807) is 0 Å². The van der Waals surface area contributed by atoms with Crippen LogP contribution in [0.1, 0.15) is 54.3 Å². The molecule has 0 aromatic carbocycles. The van der Waals surface area contributed by atoms with Gasteiger partial charge >= 0.3 is 5.97 Å². The van der Waals surface area contributed by atoms with E-state index >= 15 is 0 Å². The fourth-order valence-corrected chi connectivity index (χ4v) is 4.77. The van der Waals surface area contributed by atoms with Crippen LogP contribution in [0.5, 0.6) is 0 Å². The lowest BCUT2D eigenvalue weighted by Crippen LogP contribution is -2.40. The number of piperidine rings is 1. The van der Waals surface area contributed by atoms with E-state index in [0.29, 0.717) is 22.7 Å². The molecule has 0 saturated carbocycles. The Morgan fingerprint density at radius 1 is 1.42 bits per heavy atom. The predicted octanol–water partition coefficient (Wildman–Crippen LogP) is 3.96. The molecule has 1 aliphatic rings. The smallest absolute Gasteiger partial charge is 0.348 e. The average Bonchev–Trinajstić information content (AvgIpc) is 2.96. The second-order valence-corrected chi connectivity index (χ2v) is 7.88. The summed E-state index contributed by atoms with van der Waals surface area (Å²) >= 11 is 7.49. The molecular formula is C18H24ClN3O3S. The van der Waals surface area contributed by atoms with Gasteiger partial charge in [-0.25, -0.2) is 9.78 Å². The summed E-state index contributed by atoms with van der Waals surface area (Å²) in [6.07, 6.45) is 4.69. The number of aryl methyl sites for hydroxylation is 1. The number of carbonyl (C=O) groups excluding carboxylic acids is 1. The Balaban J connectivity index is 2.07. The van der Waals surface area contributed by atoms with E-state index in [9.17, 15) is 9.90 Å².